The van der Waals surface area contributed by atoms with E-state index in [0.717, 1.165) is 11.3 Å². The summed E-state index contributed by atoms with van der Waals surface area (Å²) in [6.45, 7) is 0. The largest absolute Gasteiger partial charge is 0.383 e. The Labute approximate surface area is 109 Å². The summed E-state index contributed by atoms with van der Waals surface area (Å²) in [5.74, 6) is 0.906. The number of anilines is 2. The highest BCUT2D eigenvalue weighted by atomic mass is 16.5. The molecule has 0 aliphatic rings. The van der Waals surface area contributed by atoms with Gasteiger partial charge in [0.05, 0.1) is 5.56 Å². The standard InChI is InChI=1S/C13H11N5O/c14-12-9(7-16-13(15)17-12)11-6-10(18-19-11)8-4-2-1-3-5-8/h1-7H,(H4,14,15,16,17). The molecule has 6 nitrogen and oxygen atoms in total. The van der Waals surface area contributed by atoms with E-state index < -0.39 is 0 Å². The molecular formula is C13H11N5O. The van der Waals surface area contributed by atoms with E-state index in [1.165, 1.54) is 6.20 Å². The molecule has 0 spiro atoms. The first-order valence-corrected chi connectivity index (χ1v) is 5.64. The van der Waals surface area contributed by atoms with Crippen molar-refractivity contribution >= 4 is 11.8 Å². The summed E-state index contributed by atoms with van der Waals surface area (Å²) in [6, 6.07) is 11.5. The van der Waals surface area contributed by atoms with Crippen LogP contribution in [-0.2, 0) is 0 Å². The number of hydrogen-bond acceptors (Lipinski definition) is 6. The van der Waals surface area contributed by atoms with Crippen LogP contribution in [0.3, 0.4) is 0 Å². The minimum Gasteiger partial charge on any atom is -0.383 e. The van der Waals surface area contributed by atoms with Gasteiger partial charge in [0.25, 0.3) is 0 Å². The molecule has 0 atom stereocenters. The molecule has 0 amide bonds. The number of hydrogen-bond donors (Lipinski definition) is 2. The summed E-state index contributed by atoms with van der Waals surface area (Å²) in [4.78, 5) is 7.79. The first-order chi connectivity index (χ1) is 9.24. The number of benzene rings is 1. The van der Waals surface area contributed by atoms with Gasteiger partial charge in [-0.15, -0.1) is 0 Å². The molecule has 0 aliphatic heterocycles. The molecule has 3 rings (SSSR count). The van der Waals surface area contributed by atoms with Gasteiger partial charge in [0, 0.05) is 17.8 Å². The van der Waals surface area contributed by atoms with Gasteiger partial charge in [-0.1, -0.05) is 35.5 Å². The van der Waals surface area contributed by atoms with E-state index in [-0.39, 0.29) is 11.8 Å². The van der Waals surface area contributed by atoms with Gasteiger partial charge in [0.15, 0.2) is 5.76 Å². The summed E-state index contributed by atoms with van der Waals surface area (Å²) in [7, 11) is 0. The number of nitrogens with zero attached hydrogens (tertiary/aromatic N) is 3. The predicted octanol–water partition coefficient (Wildman–Crippen LogP) is 1.96. The highest BCUT2D eigenvalue weighted by Gasteiger charge is 2.12. The second-order valence-corrected chi connectivity index (χ2v) is 3.97. The van der Waals surface area contributed by atoms with Crippen LogP contribution in [0.1, 0.15) is 0 Å². The third-order valence-corrected chi connectivity index (χ3v) is 2.68. The van der Waals surface area contributed by atoms with Gasteiger partial charge >= 0.3 is 0 Å². The molecule has 0 saturated carbocycles. The van der Waals surface area contributed by atoms with Crippen molar-refractivity contribution < 1.29 is 4.52 Å². The van der Waals surface area contributed by atoms with Crippen LogP contribution in [0.4, 0.5) is 11.8 Å². The zero-order chi connectivity index (χ0) is 13.2. The van der Waals surface area contributed by atoms with Crippen molar-refractivity contribution in [3.63, 3.8) is 0 Å². The van der Waals surface area contributed by atoms with Crippen molar-refractivity contribution in [2.45, 2.75) is 0 Å². The van der Waals surface area contributed by atoms with Crippen LogP contribution >= 0.6 is 0 Å². The Morgan fingerprint density at radius 3 is 2.58 bits per heavy atom. The van der Waals surface area contributed by atoms with Crippen LogP contribution in [0.15, 0.2) is 47.1 Å². The minimum atomic E-state index is 0.129. The Balaban J connectivity index is 2.02. The molecule has 2 aromatic heterocycles. The molecule has 0 unspecified atom stereocenters. The molecule has 6 heteroatoms. The van der Waals surface area contributed by atoms with Gasteiger partial charge in [-0.3, -0.25) is 0 Å². The average Bonchev–Trinajstić information content (AvgIpc) is 2.89. The normalized spacial score (nSPS) is 10.5. The van der Waals surface area contributed by atoms with Crippen LogP contribution in [0, 0.1) is 0 Å². The third kappa shape index (κ3) is 2.11. The second kappa shape index (κ2) is 4.41. The van der Waals surface area contributed by atoms with Crippen LogP contribution < -0.4 is 11.5 Å². The van der Waals surface area contributed by atoms with Crippen molar-refractivity contribution in [3.05, 3.63) is 42.6 Å². The van der Waals surface area contributed by atoms with Crippen molar-refractivity contribution in [1.82, 2.24) is 15.1 Å². The lowest BCUT2D eigenvalue weighted by Crippen LogP contribution is -2.00. The molecule has 94 valence electrons. The second-order valence-electron chi connectivity index (χ2n) is 3.97. The number of aromatic nitrogens is 3. The van der Waals surface area contributed by atoms with E-state index in [1.54, 1.807) is 6.07 Å². The summed E-state index contributed by atoms with van der Waals surface area (Å²) in [6.07, 6.45) is 1.52. The summed E-state index contributed by atoms with van der Waals surface area (Å²) in [5.41, 5.74) is 13.5. The van der Waals surface area contributed by atoms with Gasteiger partial charge in [-0.25, -0.2) is 4.98 Å². The van der Waals surface area contributed by atoms with Crippen LogP contribution in [0.2, 0.25) is 0 Å². The lowest BCUT2D eigenvalue weighted by atomic mass is 10.1. The topological polar surface area (TPSA) is 104 Å². The van der Waals surface area contributed by atoms with Crippen LogP contribution in [0.25, 0.3) is 22.6 Å². The maximum Gasteiger partial charge on any atom is 0.221 e. The SMILES string of the molecule is Nc1ncc(-c2cc(-c3ccccc3)no2)c(N)n1. The molecule has 0 radical (unpaired) electrons. The van der Waals surface area contributed by atoms with E-state index >= 15 is 0 Å². The Bertz CT molecular complexity index is 708. The summed E-state index contributed by atoms with van der Waals surface area (Å²) in [5, 5.41) is 4.01. The quantitative estimate of drug-likeness (QED) is 0.723. The Morgan fingerprint density at radius 2 is 1.84 bits per heavy atom. The fourth-order valence-corrected chi connectivity index (χ4v) is 1.75. The monoisotopic (exact) mass is 253 g/mol. The smallest absolute Gasteiger partial charge is 0.221 e. The lowest BCUT2D eigenvalue weighted by molar-refractivity contribution is 0.435. The first-order valence-electron chi connectivity index (χ1n) is 5.64. The average molecular weight is 253 g/mol. The molecule has 0 aliphatic carbocycles. The predicted molar refractivity (Wildman–Crippen MR) is 71.8 cm³/mol. The minimum absolute atomic E-state index is 0.129. The molecule has 1 aromatic carbocycles. The molecule has 3 aromatic rings. The summed E-state index contributed by atoms with van der Waals surface area (Å²) < 4.78 is 5.27. The fraction of sp³-hybridized carbons (Fsp3) is 0. The third-order valence-electron chi connectivity index (χ3n) is 2.68. The highest BCUT2D eigenvalue weighted by Crippen LogP contribution is 2.28. The van der Waals surface area contributed by atoms with Gasteiger partial charge in [-0.05, 0) is 0 Å². The van der Waals surface area contributed by atoms with Crippen molar-refractivity contribution in [2.75, 3.05) is 11.5 Å². The molecule has 0 saturated heterocycles. The van der Waals surface area contributed by atoms with Gasteiger partial charge < -0.3 is 16.0 Å². The molecular weight excluding hydrogens is 242 g/mol. The summed E-state index contributed by atoms with van der Waals surface area (Å²) >= 11 is 0. The highest BCUT2D eigenvalue weighted by molar-refractivity contribution is 5.73. The van der Waals surface area contributed by atoms with Crippen molar-refractivity contribution in [2.24, 2.45) is 0 Å². The fourth-order valence-electron chi connectivity index (χ4n) is 1.75. The van der Waals surface area contributed by atoms with E-state index in [9.17, 15) is 0 Å². The number of rotatable bonds is 2. The van der Waals surface area contributed by atoms with Crippen LogP contribution in [-0.4, -0.2) is 15.1 Å². The van der Waals surface area contributed by atoms with E-state index in [1.807, 2.05) is 30.3 Å². The Morgan fingerprint density at radius 1 is 1.05 bits per heavy atom. The van der Waals surface area contributed by atoms with Gasteiger partial charge in [-0.2, -0.15) is 4.98 Å². The lowest BCUT2D eigenvalue weighted by Gasteiger charge is -1.99. The molecule has 2 heterocycles. The van der Waals surface area contributed by atoms with E-state index in [0.29, 0.717) is 11.3 Å². The van der Waals surface area contributed by atoms with Crippen LogP contribution in [0.5, 0.6) is 0 Å². The van der Waals surface area contributed by atoms with Gasteiger partial charge in [0.2, 0.25) is 5.95 Å². The molecule has 4 N–H and O–H groups in total. The maximum atomic E-state index is 5.78. The Hall–Kier alpha value is -2.89. The Kier molecular flexibility index (Phi) is 2.60. The molecule has 19 heavy (non-hydrogen) atoms. The number of nitrogen functional groups attached to an aromatic ring is 2. The van der Waals surface area contributed by atoms with Crippen molar-refractivity contribution in [1.29, 1.82) is 0 Å². The van der Waals surface area contributed by atoms with E-state index in [4.69, 9.17) is 16.0 Å². The zero-order valence-corrected chi connectivity index (χ0v) is 9.95. The van der Waals surface area contributed by atoms with Gasteiger partial charge in [0.1, 0.15) is 11.5 Å². The van der Waals surface area contributed by atoms with Crippen molar-refractivity contribution in [3.8, 4) is 22.6 Å². The zero-order valence-electron chi connectivity index (χ0n) is 9.95. The first kappa shape index (κ1) is 11.2. The maximum absolute atomic E-state index is 5.78. The molecule has 0 bridgehead atoms. The van der Waals surface area contributed by atoms with E-state index in [2.05, 4.69) is 15.1 Å². The number of nitrogens with two attached hydrogens (primary N) is 2. The molecule has 0 fully saturated rings.